The number of carbonyl (C=O) groups excluding carboxylic acids is 2. The molecule has 1 unspecified atom stereocenters. The average Bonchev–Trinajstić information content (AvgIpc) is 2.27. The van der Waals surface area contributed by atoms with E-state index in [1.807, 2.05) is 30.3 Å². The molecule has 0 spiro atoms. The summed E-state index contributed by atoms with van der Waals surface area (Å²) < 4.78 is 5.04. The number of hydrogen-bond donors (Lipinski definition) is 0. The van der Waals surface area contributed by atoms with E-state index >= 15 is 0 Å². The summed E-state index contributed by atoms with van der Waals surface area (Å²) in [5.41, 5.74) is 0.948. The molecule has 0 saturated carbocycles. The number of rotatable bonds is 5. The lowest BCUT2D eigenvalue weighted by molar-refractivity contribution is -0.150. The van der Waals surface area contributed by atoms with Gasteiger partial charge in [-0.15, -0.1) is 0 Å². The predicted octanol–water partition coefficient (Wildman–Crippen LogP) is 1.95. The molecule has 0 amide bonds. The minimum absolute atomic E-state index is 0.216. The minimum atomic E-state index is -0.355. The smallest absolute Gasteiger partial charge is 0.309 e. The minimum Gasteiger partial charge on any atom is -0.461 e. The lowest BCUT2D eigenvalue weighted by atomic mass is 10.1. The van der Waals surface area contributed by atoms with Crippen LogP contribution in [0.25, 0.3) is 0 Å². The van der Waals surface area contributed by atoms with Gasteiger partial charge in [-0.25, -0.2) is 0 Å². The van der Waals surface area contributed by atoms with Crippen LogP contribution in [-0.4, -0.2) is 12.3 Å². The molecule has 0 bridgehead atoms. The van der Waals surface area contributed by atoms with E-state index in [4.69, 9.17) is 4.74 Å². The molecular formula is C12H14O3. The summed E-state index contributed by atoms with van der Waals surface area (Å²) in [5, 5.41) is 0. The first kappa shape index (κ1) is 11.4. The van der Waals surface area contributed by atoms with Crippen LogP contribution in [0.1, 0.15) is 18.9 Å². The number of benzene rings is 1. The molecule has 0 aliphatic heterocycles. The Morgan fingerprint density at radius 3 is 2.67 bits per heavy atom. The fourth-order valence-corrected chi connectivity index (χ4v) is 1.11. The second kappa shape index (κ2) is 5.96. The zero-order valence-corrected chi connectivity index (χ0v) is 8.68. The zero-order chi connectivity index (χ0) is 11.1. The summed E-state index contributed by atoms with van der Waals surface area (Å²) in [6.45, 7) is 1.95. The molecule has 3 heteroatoms. The SMILES string of the molecule is CC(CC=O)C(=O)OCc1ccccc1. The van der Waals surface area contributed by atoms with Crippen LogP contribution in [0.4, 0.5) is 0 Å². The van der Waals surface area contributed by atoms with Crippen molar-refractivity contribution < 1.29 is 14.3 Å². The van der Waals surface area contributed by atoms with Crippen LogP contribution in [0.15, 0.2) is 30.3 Å². The molecular weight excluding hydrogens is 192 g/mol. The topological polar surface area (TPSA) is 43.4 Å². The maximum absolute atomic E-state index is 11.3. The van der Waals surface area contributed by atoms with Gasteiger partial charge in [-0.05, 0) is 5.56 Å². The largest absolute Gasteiger partial charge is 0.461 e. The predicted molar refractivity (Wildman–Crippen MR) is 56.1 cm³/mol. The second-order valence-electron chi connectivity index (χ2n) is 3.40. The number of hydrogen-bond acceptors (Lipinski definition) is 3. The van der Waals surface area contributed by atoms with Crippen LogP contribution < -0.4 is 0 Å². The van der Waals surface area contributed by atoms with Crippen molar-refractivity contribution >= 4 is 12.3 Å². The van der Waals surface area contributed by atoms with Crippen LogP contribution in [0.2, 0.25) is 0 Å². The van der Waals surface area contributed by atoms with Crippen LogP contribution in [-0.2, 0) is 20.9 Å². The molecule has 1 aromatic carbocycles. The fourth-order valence-electron chi connectivity index (χ4n) is 1.11. The first-order valence-electron chi connectivity index (χ1n) is 4.88. The van der Waals surface area contributed by atoms with Gasteiger partial charge in [0.05, 0.1) is 5.92 Å². The highest BCUT2D eigenvalue weighted by molar-refractivity contribution is 5.75. The van der Waals surface area contributed by atoms with Crippen LogP contribution in [0.3, 0.4) is 0 Å². The summed E-state index contributed by atoms with van der Waals surface area (Å²) in [7, 11) is 0. The van der Waals surface area contributed by atoms with Gasteiger partial charge >= 0.3 is 5.97 Å². The highest BCUT2D eigenvalue weighted by Gasteiger charge is 2.13. The molecule has 0 aliphatic carbocycles. The van der Waals surface area contributed by atoms with E-state index in [0.717, 1.165) is 11.8 Å². The van der Waals surface area contributed by atoms with Gasteiger partial charge in [-0.2, -0.15) is 0 Å². The van der Waals surface area contributed by atoms with Gasteiger partial charge in [0.15, 0.2) is 0 Å². The van der Waals surface area contributed by atoms with Gasteiger partial charge in [0.2, 0.25) is 0 Å². The Bertz CT molecular complexity index is 319. The van der Waals surface area contributed by atoms with Crippen molar-refractivity contribution in [3.8, 4) is 0 Å². The monoisotopic (exact) mass is 206 g/mol. The Labute approximate surface area is 89.1 Å². The van der Waals surface area contributed by atoms with Crippen molar-refractivity contribution in [2.45, 2.75) is 20.0 Å². The third-order valence-corrected chi connectivity index (χ3v) is 2.08. The molecule has 1 rings (SSSR count). The molecule has 0 aliphatic rings. The molecule has 0 aromatic heterocycles. The Balaban J connectivity index is 2.37. The highest BCUT2D eigenvalue weighted by atomic mass is 16.5. The number of esters is 1. The molecule has 15 heavy (non-hydrogen) atoms. The molecule has 1 atom stereocenters. The molecule has 0 saturated heterocycles. The van der Waals surface area contributed by atoms with Crippen molar-refractivity contribution in [2.24, 2.45) is 5.92 Å². The fraction of sp³-hybridized carbons (Fsp3) is 0.333. The van der Waals surface area contributed by atoms with Crippen LogP contribution in [0.5, 0.6) is 0 Å². The Morgan fingerprint density at radius 1 is 1.40 bits per heavy atom. The number of ether oxygens (including phenoxy) is 1. The van der Waals surface area contributed by atoms with Gasteiger partial charge in [-0.3, -0.25) is 4.79 Å². The van der Waals surface area contributed by atoms with Gasteiger partial charge in [0.1, 0.15) is 12.9 Å². The molecule has 3 nitrogen and oxygen atoms in total. The van der Waals surface area contributed by atoms with Gasteiger partial charge in [-0.1, -0.05) is 37.3 Å². The van der Waals surface area contributed by atoms with E-state index in [9.17, 15) is 9.59 Å². The maximum Gasteiger partial charge on any atom is 0.309 e. The summed E-state index contributed by atoms with van der Waals surface area (Å²) in [6.07, 6.45) is 0.946. The van der Waals surface area contributed by atoms with Gasteiger partial charge in [0, 0.05) is 6.42 Å². The molecule has 0 N–H and O–H groups in total. The molecule has 0 radical (unpaired) electrons. The van der Waals surface area contributed by atoms with E-state index in [0.29, 0.717) is 0 Å². The highest BCUT2D eigenvalue weighted by Crippen LogP contribution is 2.06. The third-order valence-electron chi connectivity index (χ3n) is 2.08. The summed E-state index contributed by atoms with van der Waals surface area (Å²) in [5.74, 6) is -0.683. The molecule has 0 heterocycles. The Morgan fingerprint density at radius 2 is 2.07 bits per heavy atom. The van der Waals surface area contributed by atoms with Gasteiger partial charge in [0.25, 0.3) is 0 Å². The van der Waals surface area contributed by atoms with Crippen molar-refractivity contribution in [1.82, 2.24) is 0 Å². The second-order valence-corrected chi connectivity index (χ2v) is 3.40. The van der Waals surface area contributed by atoms with Crippen LogP contribution >= 0.6 is 0 Å². The number of aldehydes is 1. The first-order chi connectivity index (χ1) is 7.24. The molecule has 80 valence electrons. The lowest BCUT2D eigenvalue weighted by Crippen LogP contribution is -2.14. The quantitative estimate of drug-likeness (QED) is 0.546. The summed E-state index contributed by atoms with van der Waals surface area (Å²) in [4.78, 5) is 21.5. The van der Waals surface area contributed by atoms with Crippen LogP contribution in [0, 0.1) is 5.92 Å². The standard InChI is InChI=1S/C12H14O3/c1-10(7-8-13)12(14)15-9-11-5-3-2-4-6-11/h2-6,8,10H,7,9H2,1H3. The molecule has 1 aromatic rings. The molecule has 0 fully saturated rings. The summed E-state index contributed by atoms with van der Waals surface area (Å²) in [6, 6.07) is 9.45. The van der Waals surface area contributed by atoms with E-state index < -0.39 is 0 Å². The Kier molecular flexibility index (Phi) is 4.54. The maximum atomic E-state index is 11.3. The third kappa shape index (κ3) is 3.94. The summed E-state index contributed by atoms with van der Waals surface area (Å²) >= 11 is 0. The number of carbonyl (C=O) groups is 2. The average molecular weight is 206 g/mol. The zero-order valence-electron chi connectivity index (χ0n) is 8.68. The first-order valence-corrected chi connectivity index (χ1v) is 4.88. The van der Waals surface area contributed by atoms with Crippen molar-refractivity contribution in [1.29, 1.82) is 0 Å². The van der Waals surface area contributed by atoms with E-state index in [1.54, 1.807) is 6.92 Å². The lowest BCUT2D eigenvalue weighted by Gasteiger charge is -2.08. The van der Waals surface area contributed by atoms with E-state index in [1.165, 1.54) is 0 Å². The van der Waals surface area contributed by atoms with Gasteiger partial charge < -0.3 is 9.53 Å². The Hall–Kier alpha value is -1.64. The normalized spacial score (nSPS) is 11.8. The van der Waals surface area contributed by atoms with E-state index in [2.05, 4.69) is 0 Å². The van der Waals surface area contributed by atoms with Crippen molar-refractivity contribution in [3.63, 3.8) is 0 Å². The van der Waals surface area contributed by atoms with Crippen molar-refractivity contribution in [3.05, 3.63) is 35.9 Å². The van der Waals surface area contributed by atoms with E-state index in [-0.39, 0.29) is 24.9 Å². The van der Waals surface area contributed by atoms with Crippen molar-refractivity contribution in [2.75, 3.05) is 0 Å².